The van der Waals surface area contributed by atoms with E-state index in [0.29, 0.717) is 17.6 Å². The molecule has 5 heteroatoms. The molecule has 2 aromatic rings. The standard InChI is InChI=1S/C18H25N3O2/c1-4-6-10-20-18(23)13-11-21(12(3)5-2)15-9-7-8-14(19)16(15)17(13)22/h7-9,11-12H,4-6,10,19H2,1-3H3,(H,20,23). The number of nitrogens with two attached hydrogens (primary N) is 1. The van der Waals surface area contributed by atoms with E-state index in [2.05, 4.69) is 26.1 Å². The van der Waals surface area contributed by atoms with Crippen LogP contribution in [-0.2, 0) is 0 Å². The number of carbonyl (C=O) groups is 1. The van der Waals surface area contributed by atoms with Crippen LogP contribution in [0, 0.1) is 0 Å². The number of nitrogens with zero attached hydrogens (tertiary/aromatic N) is 1. The van der Waals surface area contributed by atoms with Crippen LogP contribution in [0.25, 0.3) is 10.9 Å². The van der Waals surface area contributed by atoms with Gasteiger partial charge in [0.25, 0.3) is 5.91 Å². The van der Waals surface area contributed by atoms with Gasteiger partial charge in [0.15, 0.2) is 0 Å². The van der Waals surface area contributed by atoms with Gasteiger partial charge in [-0.15, -0.1) is 0 Å². The molecule has 1 unspecified atom stereocenters. The van der Waals surface area contributed by atoms with Gasteiger partial charge in [-0.05, 0) is 31.9 Å². The third kappa shape index (κ3) is 3.38. The first-order valence-corrected chi connectivity index (χ1v) is 8.22. The molecule has 1 amide bonds. The highest BCUT2D eigenvalue weighted by Gasteiger charge is 2.18. The zero-order valence-corrected chi connectivity index (χ0v) is 14.1. The van der Waals surface area contributed by atoms with Gasteiger partial charge in [0, 0.05) is 24.5 Å². The molecule has 0 saturated heterocycles. The first-order chi connectivity index (χ1) is 11.0. The van der Waals surface area contributed by atoms with Gasteiger partial charge in [0.1, 0.15) is 5.56 Å². The van der Waals surface area contributed by atoms with Crippen molar-refractivity contribution in [1.29, 1.82) is 0 Å². The molecule has 0 fully saturated rings. The number of hydrogen-bond acceptors (Lipinski definition) is 3. The minimum atomic E-state index is -0.328. The van der Waals surface area contributed by atoms with Gasteiger partial charge < -0.3 is 15.6 Å². The molecule has 3 N–H and O–H groups in total. The quantitative estimate of drug-likeness (QED) is 0.635. The van der Waals surface area contributed by atoms with E-state index < -0.39 is 0 Å². The number of unbranched alkanes of at least 4 members (excludes halogenated alkanes) is 1. The second kappa shape index (κ2) is 7.31. The molecule has 0 radical (unpaired) electrons. The summed E-state index contributed by atoms with van der Waals surface area (Å²) in [5, 5.41) is 3.24. The van der Waals surface area contributed by atoms with Crippen LogP contribution >= 0.6 is 0 Å². The third-order valence-electron chi connectivity index (χ3n) is 4.22. The van der Waals surface area contributed by atoms with E-state index >= 15 is 0 Å². The molecule has 124 valence electrons. The topological polar surface area (TPSA) is 77.1 Å². The molecule has 1 atom stereocenters. The van der Waals surface area contributed by atoms with E-state index in [1.807, 2.05) is 16.7 Å². The number of amides is 1. The van der Waals surface area contributed by atoms with E-state index in [1.165, 1.54) is 0 Å². The maximum Gasteiger partial charge on any atom is 0.256 e. The lowest BCUT2D eigenvalue weighted by Crippen LogP contribution is -2.31. The van der Waals surface area contributed by atoms with E-state index in [9.17, 15) is 9.59 Å². The Morgan fingerprint density at radius 3 is 2.74 bits per heavy atom. The molecule has 0 aliphatic carbocycles. The Hall–Kier alpha value is -2.30. The number of fused-ring (bicyclic) bond motifs is 1. The molecule has 2 rings (SSSR count). The predicted octanol–water partition coefficient (Wildman–Crippen LogP) is 3.08. The largest absolute Gasteiger partial charge is 0.398 e. The lowest BCUT2D eigenvalue weighted by molar-refractivity contribution is 0.0951. The number of anilines is 1. The summed E-state index contributed by atoms with van der Waals surface area (Å²) in [5.74, 6) is -0.328. The average Bonchev–Trinajstić information content (AvgIpc) is 2.54. The predicted molar refractivity (Wildman–Crippen MR) is 94.9 cm³/mol. The summed E-state index contributed by atoms with van der Waals surface area (Å²) in [6, 6.07) is 5.57. The first kappa shape index (κ1) is 17.1. The Bertz CT molecular complexity index is 765. The van der Waals surface area contributed by atoms with Crippen molar-refractivity contribution in [3.05, 3.63) is 40.2 Å². The van der Waals surface area contributed by atoms with Crippen molar-refractivity contribution in [2.75, 3.05) is 12.3 Å². The van der Waals surface area contributed by atoms with Crippen LogP contribution in [0.5, 0.6) is 0 Å². The minimum absolute atomic E-state index is 0.159. The maximum absolute atomic E-state index is 12.7. The molecule has 23 heavy (non-hydrogen) atoms. The van der Waals surface area contributed by atoms with Crippen LogP contribution < -0.4 is 16.5 Å². The Morgan fingerprint density at radius 1 is 1.35 bits per heavy atom. The summed E-state index contributed by atoms with van der Waals surface area (Å²) < 4.78 is 1.97. The summed E-state index contributed by atoms with van der Waals surface area (Å²) in [5.41, 5.74) is 7.06. The van der Waals surface area contributed by atoms with Crippen LogP contribution in [0.15, 0.2) is 29.2 Å². The fraction of sp³-hybridized carbons (Fsp3) is 0.444. The zero-order chi connectivity index (χ0) is 17.0. The molecule has 5 nitrogen and oxygen atoms in total. The Morgan fingerprint density at radius 2 is 2.09 bits per heavy atom. The summed E-state index contributed by atoms with van der Waals surface area (Å²) >= 11 is 0. The van der Waals surface area contributed by atoms with Crippen molar-refractivity contribution in [3.8, 4) is 0 Å². The molecular weight excluding hydrogens is 290 g/mol. The first-order valence-electron chi connectivity index (χ1n) is 8.22. The van der Waals surface area contributed by atoms with Gasteiger partial charge in [-0.3, -0.25) is 9.59 Å². The van der Waals surface area contributed by atoms with Crippen LogP contribution in [0.1, 0.15) is 56.4 Å². The van der Waals surface area contributed by atoms with Gasteiger partial charge in [0.2, 0.25) is 5.43 Å². The minimum Gasteiger partial charge on any atom is -0.398 e. The second-order valence-electron chi connectivity index (χ2n) is 5.89. The number of nitrogen functional groups attached to an aromatic ring is 1. The fourth-order valence-electron chi connectivity index (χ4n) is 2.62. The van der Waals surface area contributed by atoms with Gasteiger partial charge in [-0.2, -0.15) is 0 Å². The summed E-state index contributed by atoms with van der Waals surface area (Å²) in [6.45, 7) is 6.76. The van der Waals surface area contributed by atoms with Crippen molar-refractivity contribution in [1.82, 2.24) is 9.88 Å². The summed E-state index contributed by atoms with van der Waals surface area (Å²) in [7, 11) is 0. The highest BCUT2D eigenvalue weighted by Crippen LogP contribution is 2.23. The van der Waals surface area contributed by atoms with Crippen molar-refractivity contribution in [2.45, 2.75) is 46.1 Å². The molecule has 1 aromatic heterocycles. The van der Waals surface area contributed by atoms with Crippen LogP contribution in [-0.4, -0.2) is 17.0 Å². The fourth-order valence-corrected chi connectivity index (χ4v) is 2.62. The van der Waals surface area contributed by atoms with Crippen molar-refractivity contribution >= 4 is 22.5 Å². The van der Waals surface area contributed by atoms with E-state index in [0.717, 1.165) is 24.8 Å². The van der Waals surface area contributed by atoms with Crippen LogP contribution in [0.2, 0.25) is 0 Å². The number of hydrogen-bond donors (Lipinski definition) is 2. The third-order valence-corrected chi connectivity index (χ3v) is 4.22. The van der Waals surface area contributed by atoms with Crippen LogP contribution in [0.3, 0.4) is 0 Å². The van der Waals surface area contributed by atoms with Crippen molar-refractivity contribution in [3.63, 3.8) is 0 Å². The molecule has 0 saturated carbocycles. The van der Waals surface area contributed by atoms with E-state index in [4.69, 9.17) is 5.73 Å². The Kier molecular flexibility index (Phi) is 5.42. The molecule has 1 aromatic carbocycles. The second-order valence-corrected chi connectivity index (χ2v) is 5.89. The molecule has 0 spiro atoms. The van der Waals surface area contributed by atoms with Gasteiger partial charge in [-0.1, -0.05) is 26.3 Å². The summed E-state index contributed by atoms with van der Waals surface area (Å²) in [4.78, 5) is 25.1. The van der Waals surface area contributed by atoms with Gasteiger partial charge in [-0.25, -0.2) is 0 Å². The number of aromatic nitrogens is 1. The van der Waals surface area contributed by atoms with Gasteiger partial charge >= 0.3 is 0 Å². The zero-order valence-electron chi connectivity index (χ0n) is 14.1. The number of pyridine rings is 1. The van der Waals surface area contributed by atoms with Crippen LogP contribution in [0.4, 0.5) is 5.69 Å². The highest BCUT2D eigenvalue weighted by atomic mass is 16.2. The van der Waals surface area contributed by atoms with E-state index in [-0.39, 0.29) is 22.9 Å². The van der Waals surface area contributed by atoms with Gasteiger partial charge in [0.05, 0.1) is 10.9 Å². The lowest BCUT2D eigenvalue weighted by atomic mass is 10.1. The molecule has 0 aliphatic rings. The lowest BCUT2D eigenvalue weighted by Gasteiger charge is -2.19. The number of nitrogens with one attached hydrogen (secondary N) is 1. The molecule has 0 aliphatic heterocycles. The number of benzene rings is 1. The van der Waals surface area contributed by atoms with Crippen molar-refractivity contribution < 1.29 is 4.79 Å². The number of rotatable bonds is 6. The summed E-state index contributed by atoms with van der Waals surface area (Å²) in [6.07, 6.45) is 4.44. The van der Waals surface area contributed by atoms with Crippen molar-refractivity contribution in [2.24, 2.45) is 0 Å². The molecule has 1 heterocycles. The molecular formula is C18H25N3O2. The highest BCUT2D eigenvalue weighted by molar-refractivity contribution is 6.00. The smallest absolute Gasteiger partial charge is 0.256 e. The maximum atomic E-state index is 12.7. The number of carbonyl (C=O) groups excluding carboxylic acids is 1. The Balaban J connectivity index is 2.62. The SMILES string of the molecule is CCCCNC(=O)c1cn(C(C)CC)c2cccc(N)c2c1=O. The average molecular weight is 315 g/mol. The monoisotopic (exact) mass is 315 g/mol. The normalized spacial score (nSPS) is 12.3. The molecule has 0 bridgehead atoms. The van der Waals surface area contributed by atoms with E-state index in [1.54, 1.807) is 12.3 Å². The Labute approximate surface area is 136 Å².